The Morgan fingerprint density at radius 1 is 0.343 bits per heavy atom. The highest BCUT2D eigenvalue weighted by atomic mass is 16.6. The normalized spacial score (nSPS) is 11.5. The molecule has 20 heteroatoms. The monoisotopic (exact) mass is 1010 g/mol. The van der Waals surface area contributed by atoms with Crippen molar-refractivity contribution in [2.45, 2.75) is 110 Å². The smallest absolute Gasteiger partial charge is 0.299 e. The Hall–Kier alpha value is -2.70. The summed E-state index contributed by atoms with van der Waals surface area (Å²) in [6.45, 7) is 15.2. The number of nitro benzene ring substituents is 2. The van der Waals surface area contributed by atoms with Crippen molar-refractivity contribution in [2.75, 3.05) is 184 Å². The summed E-state index contributed by atoms with van der Waals surface area (Å²) in [4.78, 5) is 20.7. The van der Waals surface area contributed by atoms with E-state index < -0.39 is 9.85 Å². The van der Waals surface area contributed by atoms with Crippen molar-refractivity contribution in [3.8, 4) is 0 Å². The summed E-state index contributed by atoms with van der Waals surface area (Å²) < 4.78 is 71.8. The first kappa shape index (κ1) is 65.3. The number of nitrogens with zero attached hydrogens (tertiary/aromatic N) is 2. The van der Waals surface area contributed by atoms with Gasteiger partial charge in [-0.1, -0.05) is 103 Å². The van der Waals surface area contributed by atoms with Crippen molar-refractivity contribution in [3.63, 3.8) is 0 Å². The molecule has 0 spiro atoms. The number of rotatable bonds is 59. The van der Waals surface area contributed by atoms with Gasteiger partial charge in [0.05, 0.1) is 181 Å². The van der Waals surface area contributed by atoms with E-state index in [4.69, 9.17) is 61.6 Å². The lowest BCUT2D eigenvalue weighted by molar-refractivity contribution is -0.393. The average molecular weight is 1010 g/mol. The van der Waals surface area contributed by atoms with E-state index in [0.717, 1.165) is 19.1 Å². The van der Waals surface area contributed by atoms with Crippen molar-refractivity contribution in [2.24, 2.45) is 0 Å². The van der Waals surface area contributed by atoms with Gasteiger partial charge in [0.2, 0.25) is 0 Å². The summed E-state index contributed by atoms with van der Waals surface area (Å²) >= 11 is 0. The van der Waals surface area contributed by atoms with Crippen molar-refractivity contribution in [1.82, 2.24) is 0 Å². The third kappa shape index (κ3) is 46.4. The van der Waals surface area contributed by atoms with E-state index in [9.17, 15) is 20.2 Å². The summed E-state index contributed by atoms with van der Waals surface area (Å²) in [7, 11) is 0. The lowest BCUT2D eigenvalue weighted by Crippen LogP contribution is -2.16. The van der Waals surface area contributed by atoms with E-state index in [0.29, 0.717) is 159 Å². The number of anilines is 1. The molecule has 70 heavy (non-hydrogen) atoms. The number of nitro groups is 2. The summed E-state index contributed by atoms with van der Waals surface area (Å²) in [5.41, 5.74) is -0.527. The summed E-state index contributed by atoms with van der Waals surface area (Å²) in [5.74, 6) is 0. The van der Waals surface area contributed by atoms with E-state index in [1.807, 2.05) is 0 Å². The maximum absolute atomic E-state index is 11.2. The molecule has 0 aromatic heterocycles. The zero-order valence-electron chi connectivity index (χ0n) is 43.0. The number of ether oxygens (including phenoxy) is 13. The molecule has 0 saturated heterocycles. The predicted octanol–water partition coefficient (Wildman–Crippen LogP) is 8.39. The topological polar surface area (TPSA) is 218 Å². The van der Waals surface area contributed by atoms with Crippen molar-refractivity contribution < 1.29 is 71.4 Å². The van der Waals surface area contributed by atoms with Gasteiger partial charge in [-0.25, -0.2) is 0 Å². The Kier molecular flexibility index (Phi) is 50.5. The van der Waals surface area contributed by atoms with Crippen LogP contribution in [0.2, 0.25) is 0 Å². The molecule has 410 valence electrons. The van der Waals surface area contributed by atoms with E-state index in [-0.39, 0.29) is 30.2 Å². The molecule has 1 aromatic carbocycles. The summed E-state index contributed by atoms with van der Waals surface area (Å²) in [6, 6.07) is 3.43. The summed E-state index contributed by atoms with van der Waals surface area (Å²) in [6.07, 6.45) is 22.0. The second-order valence-electron chi connectivity index (χ2n) is 16.4. The van der Waals surface area contributed by atoms with Crippen LogP contribution in [-0.4, -0.2) is 188 Å². The average Bonchev–Trinajstić information content (AvgIpc) is 3.36. The van der Waals surface area contributed by atoms with Crippen molar-refractivity contribution >= 4 is 17.1 Å². The largest absolute Gasteiger partial charge is 0.379 e. The molecule has 0 bridgehead atoms. The highest BCUT2D eigenvalue weighted by Gasteiger charge is 2.19. The minimum atomic E-state index is -0.679. The Morgan fingerprint density at radius 3 is 0.871 bits per heavy atom. The molecule has 0 atom stereocenters. The molecule has 0 unspecified atom stereocenters. The van der Waals surface area contributed by atoms with Crippen LogP contribution in [0.1, 0.15) is 110 Å². The van der Waals surface area contributed by atoms with Crippen LogP contribution in [0.4, 0.5) is 17.1 Å². The van der Waals surface area contributed by atoms with Gasteiger partial charge in [0, 0.05) is 19.2 Å². The van der Waals surface area contributed by atoms with Gasteiger partial charge in [0.15, 0.2) is 0 Å². The van der Waals surface area contributed by atoms with Crippen LogP contribution >= 0.6 is 0 Å². The van der Waals surface area contributed by atoms with Crippen LogP contribution in [0.5, 0.6) is 0 Å². The Balaban J connectivity index is 1.64. The molecule has 0 radical (unpaired) electrons. The fourth-order valence-corrected chi connectivity index (χ4v) is 6.69. The van der Waals surface area contributed by atoms with Crippen LogP contribution < -0.4 is 5.32 Å². The molecule has 20 nitrogen and oxygen atoms in total. The Labute approximate surface area is 419 Å². The molecule has 1 aromatic rings. The number of nitrogens with one attached hydrogen (secondary N) is 1. The molecule has 0 aliphatic carbocycles. The maximum atomic E-state index is 11.2. The van der Waals surface area contributed by atoms with Gasteiger partial charge in [0.1, 0.15) is 5.69 Å². The third-order valence-electron chi connectivity index (χ3n) is 10.6. The van der Waals surface area contributed by atoms with Gasteiger partial charge in [-0.15, -0.1) is 0 Å². The van der Waals surface area contributed by atoms with Crippen molar-refractivity contribution in [3.05, 3.63) is 38.4 Å². The molecule has 1 rings (SSSR count). The van der Waals surface area contributed by atoms with E-state index in [1.54, 1.807) is 0 Å². The molecule has 0 fully saturated rings. The molecular weight excluding hydrogens is 915 g/mol. The number of hydrogen-bond donors (Lipinski definition) is 1. The third-order valence-corrected chi connectivity index (χ3v) is 10.6. The standard InChI is InChI=1S/C50H93N3O17/c1-2-3-4-5-6-7-8-9-10-11-12-13-14-15-16-17-21-58-23-25-60-27-29-62-31-33-64-35-37-66-39-41-68-43-45-70-46-44-69-42-40-67-38-36-65-34-32-63-30-28-61-26-24-59-22-20-51-49-19-18-48(52(54)55)47-50(49)53(56)57/h18-19,47,51H,2-17,20-46H2,1H3. The first-order chi connectivity index (χ1) is 34.6. The zero-order chi connectivity index (χ0) is 50.3. The fraction of sp³-hybridized carbons (Fsp3) is 0.880. The SMILES string of the molecule is CCCCCCCCCCCCCCCCCCOCCOCCOCCOCCOCCOCCOCCOCCOCCOCCOCCOCCOCCNc1ccc([N+](=O)[O-])cc1[N+](=O)[O-]. The van der Waals surface area contributed by atoms with Gasteiger partial charge in [-0.3, -0.25) is 20.2 Å². The number of hydrogen-bond acceptors (Lipinski definition) is 18. The minimum Gasteiger partial charge on any atom is -0.379 e. The van der Waals surface area contributed by atoms with Gasteiger partial charge in [0.25, 0.3) is 11.4 Å². The highest BCUT2D eigenvalue weighted by Crippen LogP contribution is 2.28. The summed E-state index contributed by atoms with van der Waals surface area (Å²) in [5, 5.41) is 24.9. The first-order valence-corrected chi connectivity index (χ1v) is 26.2. The van der Waals surface area contributed by atoms with E-state index in [2.05, 4.69) is 12.2 Å². The zero-order valence-corrected chi connectivity index (χ0v) is 43.0. The molecule has 0 heterocycles. The molecular formula is C50H93N3O17. The predicted molar refractivity (Wildman–Crippen MR) is 268 cm³/mol. The Bertz CT molecular complexity index is 1280. The van der Waals surface area contributed by atoms with E-state index >= 15 is 0 Å². The second-order valence-corrected chi connectivity index (χ2v) is 16.4. The minimum absolute atomic E-state index is 0.185. The van der Waals surface area contributed by atoms with Crippen LogP contribution in [0.25, 0.3) is 0 Å². The lowest BCUT2D eigenvalue weighted by Gasteiger charge is -2.09. The van der Waals surface area contributed by atoms with Gasteiger partial charge in [-0.05, 0) is 12.5 Å². The molecule has 0 amide bonds. The van der Waals surface area contributed by atoms with E-state index in [1.165, 1.54) is 108 Å². The second kappa shape index (κ2) is 54.1. The number of non-ortho nitro benzene ring substituents is 1. The quantitative estimate of drug-likeness (QED) is 0.0368. The molecule has 0 saturated carbocycles. The number of benzene rings is 1. The molecule has 1 N–H and O–H groups in total. The van der Waals surface area contributed by atoms with Crippen LogP contribution in [0, 0.1) is 20.2 Å². The van der Waals surface area contributed by atoms with Crippen LogP contribution in [0.15, 0.2) is 18.2 Å². The Morgan fingerprint density at radius 2 is 0.600 bits per heavy atom. The van der Waals surface area contributed by atoms with Gasteiger partial charge < -0.3 is 66.9 Å². The molecule has 0 aliphatic heterocycles. The molecule has 0 aliphatic rings. The highest BCUT2D eigenvalue weighted by molar-refractivity contribution is 5.65. The van der Waals surface area contributed by atoms with Crippen LogP contribution in [0.3, 0.4) is 0 Å². The number of unbranched alkanes of at least 4 members (excludes halogenated alkanes) is 15. The van der Waals surface area contributed by atoms with Crippen molar-refractivity contribution in [1.29, 1.82) is 0 Å². The first-order valence-electron chi connectivity index (χ1n) is 26.2. The lowest BCUT2D eigenvalue weighted by atomic mass is 10.0. The van der Waals surface area contributed by atoms with Crippen LogP contribution in [-0.2, 0) is 61.6 Å². The van der Waals surface area contributed by atoms with Gasteiger partial charge >= 0.3 is 0 Å². The maximum Gasteiger partial charge on any atom is 0.299 e. The fourth-order valence-electron chi connectivity index (χ4n) is 6.69. The van der Waals surface area contributed by atoms with Gasteiger partial charge in [-0.2, -0.15) is 0 Å².